The molecule has 0 heterocycles. The molecule has 136 valence electrons. The summed E-state index contributed by atoms with van der Waals surface area (Å²) in [5.41, 5.74) is 0.772. The van der Waals surface area contributed by atoms with Crippen LogP contribution in [-0.4, -0.2) is 46.0 Å². The molecule has 0 aromatic heterocycles. The standard InChI is InChI=1S/C18H17NO7/c20-11-15(17(22)25-12-13-7-3-1-4-8-13)19(18(23)24)26-16(21)14-9-5-2-6-10-14/h1-10,15,20H,11-12H2,(H,23,24)/t15-/m0/s1. The van der Waals surface area contributed by atoms with Crippen LogP contribution in [-0.2, 0) is 21.0 Å². The van der Waals surface area contributed by atoms with Gasteiger partial charge >= 0.3 is 18.0 Å². The number of nitrogens with zero attached hydrogens (tertiary/aromatic N) is 1. The van der Waals surface area contributed by atoms with Gasteiger partial charge in [0, 0.05) is 0 Å². The number of hydrogen-bond donors (Lipinski definition) is 2. The lowest BCUT2D eigenvalue weighted by atomic mass is 10.2. The van der Waals surface area contributed by atoms with Crippen LogP contribution in [0.5, 0.6) is 0 Å². The van der Waals surface area contributed by atoms with E-state index in [0.29, 0.717) is 5.56 Å². The molecule has 1 amide bonds. The summed E-state index contributed by atoms with van der Waals surface area (Å²) in [6.45, 7) is -1.03. The van der Waals surface area contributed by atoms with Gasteiger partial charge in [0.2, 0.25) is 0 Å². The molecule has 0 fully saturated rings. The van der Waals surface area contributed by atoms with Gasteiger partial charge in [-0.2, -0.15) is 0 Å². The number of carbonyl (C=O) groups excluding carboxylic acids is 2. The molecule has 8 heteroatoms. The summed E-state index contributed by atoms with van der Waals surface area (Å²) in [4.78, 5) is 40.3. The average Bonchev–Trinajstić information content (AvgIpc) is 2.67. The Morgan fingerprint density at radius 3 is 2.08 bits per heavy atom. The molecule has 0 saturated heterocycles. The lowest BCUT2D eigenvalue weighted by molar-refractivity contribution is -0.172. The zero-order chi connectivity index (χ0) is 18.9. The lowest BCUT2D eigenvalue weighted by Crippen LogP contribution is -2.48. The van der Waals surface area contributed by atoms with Crippen molar-refractivity contribution in [2.24, 2.45) is 0 Å². The number of hydroxylamine groups is 2. The molecule has 2 aromatic rings. The number of aliphatic hydroxyl groups excluding tert-OH is 1. The highest BCUT2D eigenvalue weighted by Crippen LogP contribution is 2.10. The van der Waals surface area contributed by atoms with Gasteiger partial charge in [-0.3, -0.25) is 0 Å². The van der Waals surface area contributed by atoms with Crippen molar-refractivity contribution in [1.29, 1.82) is 0 Å². The van der Waals surface area contributed by atoms with Gasteiger partial charge < -0.3 is 19.8 Å². The van der Waals surface area contributed by atoms with E-state index in [1.807, 2.05) is 0 Å². The van der Waals surface area contributed by atoms with E-state index in [0.717, 1.165) is 0 Å². The minimum atomic E-state index is -1.72. The summed E-state index contributed by atoms with van der Waals surface area (Å²) < 4.78 is 5.00. The van der Waals surface area contributed by atoms with Gasteiger partial charge in [0.15, 0.2) is 6.04 Å². The van der Waals surface area contributed by atoms with Crippen LogP contribution in [0.25, 0.3) is 0 Å². The molecule has 0 unspecified atom stereocenters. The molecule has 0 aliphatic rings. The number of ether oxygens (including phenoxy) is 1. The maximum Gasteiger partial charge on any atom is 0.441 e. The number of carbonyl (C=O) groups is 3. The highest BCUT2D eigenvalue weighted by Gasteiger charge is 2.34. The molecule has 0 radical (unpaired) electrons. The second kappa shape index (κ2) is 9.19. The maximum absolute atomic E-state index is 12.1. The molecule has 2 rings (SSSR count). The molecular formula is C18H17NO7. The van der Waals surface area contributed by atoms with Crippen molar-refractivity contribution in [2.45, 2.75) is 12.6 Å². The maximum atomic E-state index is 12.1. The van der Waals surface area contributed by atoms with Crippen LogP contribution in [0.15, 0.2) is 60.7 Å². The SMILES string of the molecule is O=C(ON(C(=O)O)[C@@H](CO)C(=O)OCc1ccccc1)c1ccccc1. The fourth-order valence-corrected chi connectivity index (χ4v) is 2.02. The van der Waals surface area contributed by atoms with Gasteiger partial charge in [-0.05, 0) is 17.7 Å². The normalized spacial score (nSPS) is 11.3. The van der Waals surface area contributed by atoms with E-state index in [2.05, 4.69) is 0 Å². The molecule has 0 bridgehead atoms. The van der Waals surface area contributed by atoms with E-state index in [4.69, 9.17) is 9.57 Å². The topological polar surface area (TPSA) is 113 Å². The predicted octanol–water partition coefficient (Wildman–Crippen LogP) is 1.84. The van der Waals surface area contributed by atoms with E-state index in [1.54, 1.807) is 48.5 Å². The fraction of sp³-hybridized carbons (Fsp3) is 0.167. The monoisotopic (exact) mass is 359 g/mol. The van der Waals surface area contributed by atoms with Crippen LogP contribution >= 0.6 is 0 Å². The van der Waals surface area contributed by atoms with Gasteiger partial charge in [-0.1, -0.05) is 48.5 Å². The smallest absolute Gasteiger partial charge is 0.441 e. The van der Waals surface area contributed by atoms with Crippen molar-refractivity contribution < 1.29 is 34.2 Å². The van der Waals surface area contributed by atoms with Crippen LogP contribution in [0.3, 0.4) is 0 Å². The Morgan fingerprint density at radius 1 is 0.962 bits per heavy atom. The Hall–Kier alpha value is -3.39. The summed E-state index contributed by atoms with van der Waals surface area (Å²) in [6.07, 6.45) is -1.72. The van der Waals surface area contributed by atoms with Crippen molar-refractivity contribution in [3.8, 4) is 0 Å². The molecular weight excluding hydrogens is 342 g/mol. The number of hydrogen-bond acceptors (Lipinski definition) is 6. The third-order valence-corrected chi connectivity index (χ3v) is 3.33. The van der Waals surface area contributed by atoms with E-state index >= 15 is 0 Å². The third-order valence-electron chi connectivity index (χ3n) is 3.33. The zero-order valence-corrected chi connectivity index (χ0v) is 13.6. The Kier molecular flexibility index (Phi) is 6.69. The molecule has 0 aliphatic heterocycles. The molecule has 2 N–H and O–H groups in total. The van der Waals surface area contributed by atoms with Crippen molar-refractivity contribution in [1.82, 2.24) is 5.06 Å². The van der Waals surface area contributed by atoms with Crippen molar-refractivity contribution in [2.75, 3.05) is 6.61 Å². The largest absolute Gasteiger partial charge is 0.463 e. The summed E-state index contributed by atoms with van der Waals surface area (Å²) in [6, 6.07) is 14.7. The van der Waals surface area contributed by atoms with E-state index in [1.165, 1.54) is 12.1 Å². The third kappa shape index (κ3) is 5.05. The summed E-state index contributed by atoms with van der Waals surface area (Å²) in [5, 5.41) is 18.7. The zero-order valence-electron chi connectivity index (χ0n) is 13.6. The van der Waals surface area contributed by atoms with Gasteiger partial charge in [0.05, 0.1) is 12.2 Å². The number of benzene rings is 2. The summed E-state index contributed by atoms with van der Waals surface area (Å²) in [7, 11) is 0. The van der Waals surface area contributed by atoms with Crippen LogP contribution in [0.4, 0.5) is 4.79 Å². The second-order valence-corrected chi connectivity index (χ2v) is 5.14. The van der Waals surface area contributed by atoms with Crippen molar-refractivity contribution in [3.05, 3.63) is 71.8 Å². The molecule has 1 atom stereocenters. The van der Waals surface area contributed by atoms with Crippen LogP contribution < -0.4 is 0 Å². The van der Waals surface area contributed by atoms with Crippen molar-refractivity contribution in [3.63, 3.8) is 0 Å². The highest BCUT2D eigenvalue weighted by atomic mass is 16.7. The first-order valence-electron chi connectivity index (χ1n) is 7.64. The van der Waals surface area contributed by atoms with Crippen LogP contribution in [0.2, 0.25) is 0 Å². The van der Waals surface area contributed by atoms with Gasteiger partial charge in [0.1, 0.15) is 6.61 Å². The minimum absolute atomic E-state index is 0.0860. The molecule has 0 spiro atoms. The first-order chi connectivity index (χ1) is 12.5. The summed E-state index contributed by atoms with van der Waals surface area (Å²) >= 11 is 0. The molecule has 26 heavy (non-hydrogen) atoms. The van der Waals surface area contributed by atoms with Gasteiger partial charge in [-0.25, -0.2) is 14.4 Å². The van der Waals surface area contributed by atoms with Gasteiger partial charge in [-0.15, -0.1) is 5.06 Å². The molecule has 8 nitrogen and oxygen atoms in total. The Morgan fingerprint density at radius 2 is 1.54 bits per heavy atom. The summed E-state index contributed by atoms with van der Waals surface area (Å²) in [5.74, 6) is -2.03. The molecule has 0 saturated carbocycles. The van der Waals surface area contributed by atoms with Crippen LogP contribution in [0.1, 0.15) is 15.9 Å². The highest BCUT2D eigenvalue weighted by molar-refractivity contribution is 5.90. The number of rotatable bonds is 6. The quantitative estimate of drug-likeness (QED) is 0.597. The van der Waals surface area contributed by atoms with Crippen molar-refractivity contribution >= 4 is 18.0 Å². The molecule has 2 aromatic carbocycles. The predicted molar refractivity (Wildman–Crippen MR) is 88.8 cm³/mol. The number of aliphatic hydroxyl groups is 1. The number of amides is 1. The average molecular weight is 359 g/mol. The first-order valence-corrected chi connectivity index (χ1v) is 7.64. The van der Waals surface area contributed by atoms with Crippen LogP contribution in [0, 0.1) is 0 Å². The van der Waals surface area contributed by atoms with Gasteiger partial charge in [0.25, 0.3) is 0 Å². The van der Waals surface area contributed by atoms with E-state index in [-0.39, 0.29) is 17.2 Å². The first kappa shape index (κ1) is 18.9. The van der Waals surface area contributed by atoms with E-state index < -0.39 is 30.7 Å². The fourth-order valence-electron chi connectivity index (χ4n) is 2.02. The minimum Gasteiger partial charge on any atom is -0.463 e. The number of carboxylic acid groups (broad SMARTS) is 1. The Labute approximate surface area is 149 Å². The molecule has 0 aliphatic carbocycles. The Balaban J connectivity index is 2.06. The van der Waals surface area contributed by atoms with E-state index in [9.17, 15) is 24.6 Å². The lowest BCUT2D eigenvalue weighted by Gasteiger charge is -2.24. The second-order valence-electron chi connectivity index (χ2n) is 5.14. The number of esters is 1. The Bertz CT molecular complexity index is 749.